The Morgan fingerprint density at radius 2 is 1.60 bits per heavy atom. The third-order valence-electron chi connectivity index (χ3n) is 2.97. The minimum absolute atomic E-state index is 0.252. The van der Waals surface area contributed by atoms with Gasteiger partial charge in [0.15, 0.2) is 0 Å². The van der Waals surface area contributed by atoms with Crippen LogP contribution in [0.4, 0.5) is 16.2 Å². The number of amides is 2. The molecule has 2 rings (SSSR count). The van der Waals surface area contributed by atoms with Gasteiger partial charge in [-0.3, -0.25) is 4.98 Å². The topological polar surface area (TPSA) is 54.0 Å². The molecule has 20 heavy (non-hydrogen) atoms. The highest BCUT2D eigenvalue weighted by Crippen LogP contribution is 2.12. The summed E-state index contributed by atoms with van der Waals surface area (Å²) in [5, 5.41) is 5.55. The van der Waals surface area contributed by atoms with Gasteiger partial charge in [-0.2, -0.15) is 0 Å². The molecule has 2 aromatic rings. The van der Waals surface area contributed by atoms with Crippen molar-refractivity contribution in [1.82, 2.24) is 4.98 Å². The van der Waals surface area contributed by atoms with E-state index in [0.717, 1.165) is 17.8 Å². The van der Waals surface area contributed by atoms with Crippen LogP contribution in [0.15, 0.2) is 48.8 Å². The second-order valence-electron chi connectivity index (χ2n) is 4.62. The number of nitrogens with zero attached hydrogens (tertiary/aromatic N) is 1. The zero-order valence-corrected chi connectivity index (χ0v) is 11.6. The lowest BCUT2D eigenvalue weighted by Gasteiger charge is -2.08. The summed E-state index contributed by atoms with van der Waals surface area (Å²) in [6.45, 7) is 2.18. The van der Waals surface area contributed by atoms with Crippen LogP contribution in [-0.4, -0.2) is 11.0 Å². The van der Waals surface area contributed by atoms with E-state index < -0.39 is 0 Å². The third-order valence-corrected chi connectivity index (χ3v) is 2.97. The van der Waals surface area contributed by atoms with E-state index in [2.05, 4.69) is 34.7 Å². The fourth-order valence-corrected chi connectivity index (χ4v) is 1.86. The van der Waals surface area contributed by atoms with Crippen LogP contribution in [0.3, 0.4) is 0 Å². The molecular formula is C16H19N3O. The summed E-state index contributed by atoms with van der Waals surface area (Å²) in [6.07, 6.45) is 6.74. The van der Waals surface area contributed by atoms with Crippen molar-refractivity contribution >= 4 is 17.4 Å². The summed E-state index contributed by atoms with van der Waals surface area (Å²) < 4.78 is 0. The molecule has 0 fully saturated rings. The van der Waals surface area contributed by atoms with Gasteiger partial charge in [0.2, 0.25) is 0 Å². The highest BCUT2D eigenvalue weighted by atomic mass is 16.2. The maximum Gasteiger partial charge on any atom is 0.323 e. The Kier molecular flexibility index (Phi) is 5.12. The molecule has 104 valence electrons. The number of carbonyl (C=O) groups is 1. The Bertz CT molecular complexity index is 537. The molecule has 0 aliphatic rings. The predicted molar refractivity (Wildman–Crippen MR) is 81.9 cm³/mol. The minimum Gasteiger partial charge on any atom is -0.308 e. The van der Waals surface area contributed by atoms with Crippen molar-refractivity contribution in [3.8, 4) is 0 Å². The van der Waals surface area contributed by atoms with Crippen LogP contribution in [0.2, 0.25) is 0 Å². The summed E-state index contributed by atoms with van der Waals surface area (Å²) in [5.74, 6) is 0. The summed E-state index contributed by atoms with van der Waals surface area (Å²) in [7, 11) is 0. The number of unbranched alkanes of at least 4 members (excludes halogenated alkanes) is 1. The van der Waals surface area contributed by atoms with Crippen molar-refractivity contribution in [2.45, 2.75) is 26.2 Å². The average molecular weight is 269 g/mol. The lowest BCUT2D eigenvalue weighted by atomic mass is 10.1. The number of hydrogen-bond donors (Lipinski definition) is 2. The van der Waals surface area contributed by atoms with Crippen molar-refractivity contribution in [2.75, 3.05) is 10.6 Å². The fourth-order valence-electron chi connectivity index (χ4n) is 1.86. The highest BCUT2D eigenvalue weighted by molar-refractivity contribution is 5.99. The van der Waals surface area contributed by atoms with Crippen LogP contribution >= 0.6 is 0 Å². The molecule has 1 aromatic carbocycles. The van der Waals surface area contributed by atoms with Gasteiger partial charge in [-0.1, -0.05) is 25.5 Å². The molecule has 0 radical (unpaired) electrons. The molecule has 1 heterocycles. The first-order chi connectivity index (χ1) is 9.78. The quantitative estimate of drug-likeness (QED) is 0.859. The molecule has 0 saturated heterocycles. The summed E-state index contributed by atoms with van der Waals surface area (Å²) in [6, 6.07) is 11.2. The SMILES string of the molecule is CCCCc1ccc(NC(=O)Nc2ccncc2)cc1. The standard InChI is InChI=1S/C16H19N3O/c1-2-3-4-13-5-7-14(8-6-13)18-16(20)19-15-9-11-17-12-10-15/h5-12H,2-4H2,1H3,(H2,17,18,19,20). The van der Waals surface area contributed by atoms with Gasteiger partial charge in [-0.15, -0.1) is 0 Å². The minimum atomic E-state index is -0.252. The molecule has 2 amide bonds. The molecule has 0 bridgehead atoms. The maximum absolute atomic E-state index is 11.8. The van der Waals surface area contributed by atoms with Gasteiger partial charge < -0.3 is 10.6 Å². The number of benzene rings is 1. The number of urea groups is 1. The first-order valence-corrected chi connectivity index (χ1v) is 6.85. The Labute approximate surface area is 119 Å². The number of carbonyl (C=O) groups excluding carboxylic acids is 1. The van der Waals surface area contributed by atoms with E-state index in [9.17, 15) is 4.79 Å². The average Bonchev–Trinajstić information content (AvgIpc) is 2.47. The van der Waals surface area contributed by atoms with Gasteiger partial charge in [0.05, 0.1) is 0 Å². The molecule has 4 heteroatoms. The molecule has 1 aromatic heterocycles. The fraction of sp³-hybridized carbons (Fsp3) is 0.250. The lowest BCUT2D eigenvalue weighted by molar-refractivity contribution is 0.262. The van der Waals surface area contributed by atoms with E-state index in [1.54, 1.807) is 24.5 Å². The summed E-state index contributed by atoms with van der Waals surface area (Å²) in [5.41, 5.74) is 2.81. The maximum atomic E-state index is 11.8. The zero-order chi connectivity index (χ0) is 14.2. The van der Waals surface area contributed by atoms with E-state index in [4.69, 9.17) is 0 Å². The first kappa shape index (κ1) is 14.1. The van der Waals surface area contributed by atoms with Gasteiger partial charge in [0.25, 0.3) is 0 Å². The second-order valence-corrected chi connectivity index (χ2v) is 4.62. The molecule has 0 aliphatic heterocycles. The van der Waals surface area contributed by atoms with Gasteiger partial charge in [-0.05, 0) is 42.7 Å². The van der Waals surface area contributed by atoms with E-state index in [-0.39, 0.29) is 6.03 Å². The van der Waals surface area contributed by atoms with Crippen LogP contribution in [0.5, 0.6) is 0 Å². The predicted octanol–water partition coefficient (Wildman–Crippen LogP) is 4.07. The largest absolute Gasteiger partial charge is 0.323 e. The van der Waals surface area contributed by atoms with Gasteiger partial charge in [-0.25, -0.2) is 4.79 Å². The number of aromatic nitrogens is 1. The van der Waals surface area contributed by atoms with Crippen LogP contribution in [0.25, 0.3) is 0 Å². The van der Waals surface area contributed by atoms with Crippen molar-refractivity contribution in [3.05, 3.63) is 54.4 Å². The first-order valence-electron chi connectivity index (χ1n) is 6.85. The van der Waals surface area contributed by atoms with Crippen LogP contribution in [0, 0.1) is 0 Å². The number of aryl methyl sites for hydroxylation is 1. The molecular weight excluding hydrogens is 250 g/mol. The van der Waals surface area contributed by atoms with Crippen LogP contribution in [-0.2, 0) is 6.42 Å². The lowest BCUT2D eigenvalue weighted by Crippen LogP contribution is -2.19. The molecule has 0 spiro atoms. The Balaban J connectivity index is 1.88. The van der Waals surface area contributed by atoms with Crippen molar-refractivity contribution in [2.24, 2.45) is 0 Å². The normalized spacial score (nSPS) is 10.1. The highest BCUT2D eigenvalue weighted by Gasteiger charge is 2.02. The smallest absolute Gasteiger partial charge is 0.308 e. The van der Waals surface area contributed by atoms with Crippen molar-refractivity contribution in [1.29, 1.82) is 0 Å². The number of anilines is 2. The molecule has 0 aliphatic carbocycles. The van der Waals surface area contributed by atoms with Crippen molar-refractivity contribution in [3.63, 3.8) is 0 Å². The van der Waals surface area contributed by atoms with Crippen LogP contribution in [0.1, 0.15) is 25.3 Å². The zero-order valence-electron chi connectivity index (χ0n) is 11.6. The summed E-state index contributed by atoms with van der Waals surface area (Å²) >= 11 is 0. The van der Waals surface area contributed by atoms with E-state index in [0.29, 0.717) is 0 Å². The van der Waals surface area contributed by atoms with Gasteiger partial charge >= 0.3 is 6.03 Å². The monoisotopic (exact) mass is 269 g/mol. The number of pyridine rings is 1. The van der Waals surface area contributed by atoms with Gasteiger partial charge in [0.1, 0.15) is 0 Å². The van der Waals surface area contributed by atoms with E-state index in [1.807, 2.05) is 12.1 Å². The Morgan fingerprint density at radius 3 is 2.20 bits per heavy atom. The molecule has 2 N–H and O–H groups in total. The number of rotatable bonds is 5. The molecule has 4 nitrogen and oxygen atoms in total. The Hall–Kier alpha value is -2.36. The van der Waals surface area contributed by atoms with Crippen LogP contribution < -0.4 is 10.6 Å². The molecule has 0 unspecified atom stereocenters. The van der Waals surface area contributed by atoms with Gasteiger partial charge in [0, 0.05) is 23.8 Å². The Morgan fingerprint density at radius 1 is 1.00 bits per heavy atom. The summed E-state index contributed by atoms with van der Waals surface area (Å²) in [4.78, 5) is 15.7. The van der Waals surface area contributed by atoms with Crippen molar-refractivity contribution < 1.29 is 4.79 Å². The second kappa shape index (κ2) is 7.28. The van der Waals surface area contributed by atoms with E-state index >= 15 is 0 Å². The molecule has 0 saturated carbocycles. The third kappa shape index (κ3) is 4.39. The number of hydrogen-bond acceptors (Lipinski definition) is 2. The molecule has 0 atom stereocenters. The van der Waals surface area contributed by atoms with E-state index in [1.165, 1.54) is 18.4 Å². The number of nitrogens with one attached hydrogen (secondary N) is 2.